The van der Waals surface area contributed by atoms with Crippen molar-refractivity contribution >= 4 is 5.97 Å². The quantitative estimate of drug-likeness (QED) is 0.665. The van der Waals surface area contributed by atoms with Gasteiger partial charge in [0, 0.05) is 0 Å². The summed E-state index contributed by atoms with van der Waals surface area (Å²) in [6.45, 7) is 5.49. The van der Waals surface area contributed by atoms with E-state index in [1.807, 2.05) is 13.8 Å². The first-order valence-corrected chi connectivity index (χ1v) is 3.96. The van der Waals surface area contributed by atoms with E-state index < -0.39 is 12.1 Å². The van der Waals surface area contributed by atoms with Crippen LogP contribution in [0.4, 0.5) is 0 Å². The van der Waals surface area contributed by atoms with Crippen molar-refractivity contribution in [2.24, 2.45) is 0 Å². The third kappa shape index (κ3) is 4.79. The maximum atomic E-state index is 10.3. The monoisotopic (exact) mass is 160 g/mol. The number of hydrogen-bond donors (Lipinski definition) is 1. The van der Waals surface area contributed by atoms with Gasteiger partial charge in [0.1, 0.15) is 0 Å². The molecule has 0 aliphatic heterocycles. The zero-order chi connectivity index (χ0) is 8.85. The Kier molecular flexibility index (Phi) is 4.86. The maximum Gasteiger partial charge on any atom is 0.332 e. The van der Waals surface area contributed by atoms with Crippen LogP contribution in [-0.2, 0) is 9.53 Å². The molecule has 0 aliphatic rings. The number of rotatable bonds is 5. The van der Waals surface area contributed by atoms with Gasteiger partial charge in [0.15, 0.2) is 6.10 Å². The molecule has 0 aromatic heterocycles. The first-order valence-electron chi connectivity index (χ1n) is 3.96. The second-order valence-corrected chi connectivity index (χ2v) is 2.72. The lowest BCUT2D eigenvalue weighted by atomic mass is 10.2. The van der Waals surface area contributed by atoms with E-state index in [-0.39, 0.29) is 6.10 Å². The molecular weight excluding hydrogens is 144 g/mol. The number of aliphatic carboxylic acids is 1. The standard InChI is InChI=1S/C8H16O3/c1-4-5-6(2)11-7(3)8(9)10/h6-7H,4-5H2,1-3H3,(H,9,10)/t6?,7-/m1/s1. The Bertz CT molecular complexity index is 123. The second kappa shape index (κ2) is 5.13. The molecule has 0 rings (SSSR count). The number of carboxylic acids is 1. The molecule has 3 nitrogen and oxygen atoms in total. The van der Waals surface area contributed by atoms with E-state index in [1.54, 1.807) is 6.92 Å². The summed E-state index contributed by atoms with van der Waals surface area (Å²) < 4.78 is 5.15. The van der Waals surface area contributed by atoms with Gasteiger partial charge in [0.2, 0.25) is 0 Å². The van der Waals surface area contributed by atoms with Gasteiger partial charge < -0.3 is 9.84 Å². The summed E-state index contributed by atoms with van der Waals surface area (Å²) in [6, 6.07) is 0. The number of carbonyl (C=O) groups is 1. The first-order chi connectivity index (χ1) is 5.07. The highest BCUT2D eigenvalue weighted by Gasteiger charge is 2.13. The van der Waals surface area contributed by atoms with Crippen LogP contribution in [0.3, 0.4) is 0 Å². The molecule has 0 fully saturated rings. The summed E-state index contributed by atoms with van der Waals surface area (Å²) in [6.07, 6.45) is 1.30. The van der Waals surface area contributed by atoms with Gasteiger partial charge in [-0.1, -0.05) is 13.3 Å². The molecule has 2 atom stereocenters. The maximum absolute atomic E-state index is 10.3. The second-order valence-electron chi connectivity index (χ2n) is 2.72. The van der Waals surface area contributed by atoms with Crippen LogP contribution in [0.5, 0.6) is 0 Å². The van der Waals surface area contributed by atoms with E-state index in [9.17, 15) is 4.79 Å². The fourth-order valence-electron chi connectivity index (χ4n) is 0.881. The molecule has 0 bridgehead atoms. The van der Waals surface area contributed by atoms with E-state index in [0.29, 0.717) is 0 Å². The van der Waals surface area contributed by atoms with Crippen LogP contribution in [0.2, 0.25) is 0 Å². The van der Waals surface area contributed by atoms with Crippen LogP contribution in [0, 0.1) is 0 Å². The van der Waals surface area contributed by atoms with Gasteiger partial charge in [-0.3, -0.25) is 0 Å². The van der Waals surface area contributed by atoms with Crippen molar-refractivity contribution in [2.45, 2.75) is 45.8 Å². The predicted octanol–water partition coefficient (Wildman–Crippen LogP) is 1.66. The minimum absolute atomic E-state index is 0.0473. The van der Waals surface area contributed by atoms with Crippen molar-refractivity contribution in [3.05, 3.63) is 0 Å². The van der Waals surface area contributed by atoms with Crippen molar-refractivity contribution < 1.29 is 14.6 Å². The molecule has 0 aromatic carbocycles. The zero-order valence-electron chi connectivity index (χ0n) is 7.33. The molecule has 0 heterocycles. The highest BCUT2D eigenvalue weighted by Crippen LogP contribution is 2.04. The third-order valence-corrected chi connectivity index (χ3v) is 1.48. The highest BCUT2D eigenvalue weighted by molar-refractivity contribution is 5.71. The Morgan fingerprint density at radius 3 is 2.45 bits per heavy atom. The summed E-state index contributed by atoms with van der Waals surface area (Å²) in [5.74, 6) is -0.895. The summed E-state index contributed by atoms with van der Waals surface area (Å²) in [5.41, 5.74) is 0. The van der Waals surface area contributed by atoms with Crippen molar-refractivity contribution in [1.29, 1.82) is 0 Å². The summed E-state index contributed by atoms with van der Waals surface area (Å²) in [4.78, 5) is 10.3. The summed E-state index contributed by atoms with van der Waals surface area (Å²) in [7, 11) is 0. The molecular formula is C8H16O3. The number of hydrogen-bond acceptors (Lipinski definition) is 2. The fraction of sp³-hybridized carbons (Fsp3) is 0.875. The molecule has 1 unspecified atom stereocenters. The molecule has 0 saturated carbocycles. The van der Waals surface area contributed by atoms with Crippen LogP contribution < -0.4 is 0 Å². The van der Waals surface area contributed by atoms with Crippen molar-refractivity contribution in [3.63, 3.8) is 0 Å². The van der Waals surface area contributed by atoms with Gasteiger partial charge in [-0.25, -0.2) is 4.79 Å². The highest BCUT2D eigenvalue weighted by atomic mass is 16.5. The Labute approximate surface area is 67.4 Å². The lowest BCUT2D eigenvalue weighted by Crippen LogP contribution is -2.24. The smallest absolute Gasteiger partial charge is 0.332 e. The van der Waals surface area contributed by atoms with Crippen LogP contribution in [0.25, 0.3) is 0 Å². The predicted molar refractivity (Wildman–Crippen MR) is 42.6 cm³/mol. The zero-order valence-corrected chi connectivity index (χ0v) is 7.33. The molecule has 11 heavy (non-hydrogen) atoms. The lowest BCUT2D eigenvalue weighted by Gasteiger charge is -2.14. The van der Waals surface area contributed by atoms with Crippen LogP contribution >= 0.6 is 0 Å². The average molecular weight is 160 g/mol. The van der Waals surface area contributed by atoms with Crippen molar-refractivity contribution in [2.75, 3.05) is 0 Å². The van der Waals surface area contributed by atoms with Crippen molar-refractivity contribution in [1.82, 2.24) is 0 Å². The van der Waals surface area contributed by atoms with E-state index >= 15 is 0 Å². The SMILES string of the molecule is CCCC(C)O[C@H](C)C(=O)O. The van der Waals surface area contributed by atoms with E-state index in [0.717, 1.165) is 12.8 Å². The van der Waals surface area contributed by atoms with Gasteiger partial charge in [-0.2, -0.15) is 0 Å². The van der Waals surface area contributed by atoms with E-state index in [4.69, 9.17) is 9.84 Å². The average Bonchev–Trinajstić information content (AvgIpc) is 1.87. The van der Waals surface area contributed by atoms with Gasteiger partial charge >= 0.3 is 5.97 Å². The Morgan fingerprint density at radius 1 is 1.55 bits per heavy atom. The van der Waals surface area contributed by atoms with Gasteiger partial charge in [-0.15, -0.1) is 0 Å². The van der Waals surface area contributed by atoms with Crippen LogP contribution in [-0.4, -0.2) is 23.3 Å². The van der Waals surface area contributed by atoms with E-state index in [1.165, 1.54) is 0 Å². The van der Waals surface area contributed by atoms with Crippen LogP contribution in [0.15, 0.2) is 0 Å². The number of ether oxygens (including phenoxy) is 1. The normalized spacial score (nSPS) is 15.9. The molecule has 66 valence electrons. The minimum atomic E-state index is -0.895. The Morgan fingerprint density at radius 2 is 2.09 bits per heavy atom. The Balaban J connectivity index is 3.56. The largest absolute Gasteiger partial charge is 0.479 e. The molecule has 0 aromatic rings. The van der Waals surface area contributed by atoms with Crippen molar-refractivity contribution in [3.8, 4) is 0 Å². The molecule has 0 saturated heterocycles. The summed E-state index contributed by atoms with van der Waals surface area (Å²) in [5, 5.41) is 8.47. The molecule has 0 spiro atoms. The summed E-state index contributed by atoms with van der Waals surface area (Å²) >= 11 is 0. The lowest BCUT2D eigenvalue weighted by molar-refractivity contribution is -0.152. The first kappa shape index (κ1) is 10.4. The third-order valence-electron chi connectivity index (χ3n) is 1.48. The minimum Gasteiger partial charge on any atom is -0.479 e. The molecule has 1 N–H and O–H groups in total. The van der Waals surface area contributed by atoms with Gasteiger partial charge in [0.25, 0.3) is 0 Å². The topological polar surface area (TPSA) is 46.5 Å². The fourth-order valence-corrected chi connectivity index (χ4v) is 0.881. The van der Waals surface area contributed by atoms with Crippen LogP contribution in [0.1, 0.15) is 33.6 Å². The molecule has 0 aliphatic carbocycles. The van der Waals surface area contributed by atoms with Gasteiger partial charge in [0.05, 0.1) is 6.10 Å². The van der Waals surface area contributed by atoms with E-state index in [2.05, 4.69) is 0 Å². The molecule has 0 radical (unpaired) electrons. The molecule has 3 heteroatoms. The van der Waals surface area contributed by atoms with Gasteiger partial charge in [-0.05, 0) is 20.3 Å². The number of carboxylic acid groups (broad SMARTS) is 1. The Hall–Kier alpha value is -0.570. The molecule has 0 amide bonds.